The number of hydrogen-bond donors (Lipinski definition) is 0. The Morgan fingerprint density at radius 2 is 1.38 bits per heavy atom. The highest BCUT2D eigenvalue weighted by molar-refractivity contribution is 6.64. The van der Waals surface area contributed by atoms with Gasteiger partial charge in [0.1, 0.15) is 11.5 Å². The minimum Gasteiger partial charge on any atom is -0.399 e. The zero-order chi connectivity index (χ0) is 17.9. The molecule has 1 aromatic carbocycles. The first-order chi connectivity index (χ1) is 11.0. The third kappa shape index (κ3) is 2.60. The Balaban J connectivity index is 2.13. The molecule has 1 aliphatic heterocycles. The van der Waals surface area contributed by atoms with Crippen molar-refractivity contribution in [1.29, 1.82) is 0 Å². The summed E-state index contributed by atoms with van der Waals surface area (Å²) in [6.45, 7) is 16.4. The molecular formula is C19H26BNO3. The number of aromatic nitrogens is 1. The number of hydrogen-bond acceptors (Lipinski definition) is 4. The molecule has 0 N–H and O–H groups in total. The average Bonchev–Trinajstić information content (AvgIpc) is 2.86. The second-order valence-corrected chi connectivity index (χ2v) is 7.86. The third-order valence-corrected chi connectivity index (χ3v) is 5.31. The van der Waals surface area contributed by atoms with E-state index in [2.05, 4.69) is 65.8 Å². The van der Waals surface area contributed by atoms with Crippen LogP contribution in [0.4, 0.5) is 0 Å². The Bertz CT molecular complexity index is 753. The molecule has 2 heterocycles. The Morgan fingerprint density at radius 1 is 0.875 bits per heavy atom. The van der Waals surface area contributed by atoms with Gasteiger partial charge in [0.25, 0.3) is 0 Å². The molecule has 0 spiro atoms. The van der Waals surface area contributed by atoms with E-state index in [0.29, 0.717) is 0 Å². The molecular weight excluding hydrogens is 301 g/mol. The van der Waals surface area contributed by atoms with Crippen molar-refractivity contribution in [3.8, 4) is 11.3 Å². The molecule has 2 aromatic rings. The highest BCUT2D eigenvalue weighted by Gasteiger charge is 2.53. The van der Waals surface area contributed by atoms with Crippen LogP contribution in [0, 0.1) is 27.7 Å². The van der Waals surface area contributed by atoms with Crippen LogP contribution >= 0.6 is 0 Å². The molecule has 24 heavy (non-hydrogen) atoms. The van der Waals surface area contributed by atoms with Crippen LogP contribution in [0.5, 0.6) is 0 Å². The maximum absolute atomic E-state index is 6.23. The fourth-order valence-corrected chi connectivity index (χ4v) is 3.35. The van der Waals surface area contributed by atoms with Gasteiger partial charge in [-0.25, -0.2) is 0 Å². The molecule has 1 aliphatic rings. The van der Waals surface area contributed by atoms with Crippen LogP contribution in [-0.2, 0) is 9.31 Å². The van der Waals surface area contributed by atoms with Gasteiger partial charge in [-0.2, -0.15) is 0 Å². The monoisotopic (exact) mass is 327 g/mol. The van der Waals surface area contributed by atoms with E-state index in [1.165, 1.54) is 16.7 Å². The quantitative estimate of drug-likeness (QED) is 0.786. The standard InChI is InChI=1S/C19H26BNO3/c1-11-9-12(2)15(13(3)10-11)17-16(14(4)22-21-17)20-23-18(5,6)19(7,8)24-20/h9-10H,1-8H3. The van der Waals surface area contributed by atoms with Gasteiger partial charge in [-0.3, -0.25) is 0 Å². The Hall–Kier alpha value is -1.59. The molecule has 0 bridgehead atoms. The van der Waals surface area contributed by atoms with Crippen LogP contribution in [0.1, 0.15) is 50.1 Å². The van der Waals surface area contributed by atoms with E-state index in [4.69, 9.17) is 13.8 Å². The highest BCUT2D eigenvalue weighted by atomic mass is 16.7. The molecule has 1 aromatic heterocycles. The van der Waals surface area contributed by atoms with E-state index in [9.17, 15) is 0 Å². The molecule has 4 nitrogen and oxygen atoms in total. The molecule has 0 unspecified atom stereocenters. The molecule has 128 valence electrons. The fraction of sp³-hybridized carbons (Fsp3) is 0.526. The summed E-state index contributed by atoms with van der Waals surface area (Å²) in [5, 5.41) is 4.34. The van der Waals surface area contributed by atoms with Crippen molar-refractivity contribution in [3.05, 3.63) is 34.6 Å². The van der Waals surface area contributed by atoms with Gasteiger partial charge in [0, 0.05) is 5.56 Å². The van der Waals surface area contributed by atoms with Crippen molar-refractivity contribution in [2.75, 3.05) is 0 Å². The van der Waals surface area contributed by atoms with E-state index in [1.54, 1.807) is 0 Å². The van der Waals surface area contributed by atoms with Gasteiger partial charge in [0.05, 0.1) is 16.7 Å². The van der Waals surface area contributed by atoms with Gasteiger partial charge in [-0.15, -0.1) is 0 Å². The Morgan fingerprint density at radius 3 is 1.88 bits per heavy atom. The fourth-order valence-electron chi connectivity index (χ4n) is 3.35. The van der Waals surface area contributed by atoms with Crippen LogP contribution in [0.2, 0.25) is 0 Å². The first-order valence-electron chi connectivity index (χ1n) is 8.43. The topological polar surface area (TPSA) is 44.5 Å². The Labute approximate surface area is 144 Å². The van der Waals surface area contributed by atoms with Crippen LogP contribution in [0.25, 0.3) is 11.3 Å². The SMILES string of the molecule is Cc1cc(C)c(-c2noc(C)c2B2OC(C)(C)C(C)(C)O2)c(C)c1. The van der Waals surface area contributed by atoms with E-state index in [-0.39, 0.29) is 0 Å². The lowest BCUT2D eigenvalue weighted by Gasteiger charge is -2.32. The van der Waals surface area contributed by atoms with Crippen molar-refractivity contribution in [2.45, 2.75) is 66.6 Å². The lowest BCUT2D eigenvalue weighted by molar-refractivity contribution is 0.00578. The predicted molar refractivity (Wildman–Crippen MR) is 96.6 cm³/mol. The molecule has 0 radical (unpaired) electrons. The molecule has 1 saturated heterocycles. The van der Waals surface area contributed by atoms with Crippen LogP contribution in [0.3, 0.4) is 0 Å². The molecule has 0 atom stereocenters. The molecule has 3 rings (SSSR count). The van der Waals surface area contributed by atoms with Gasteiger partial charge in [-0.1, -0.05) is 22.9 Å². The van der Waals surface area contributed by atoms with Gasteiger partial charge in [0.15, 0.2) is 0 Å². The number of rotatable bonds is 2. The van der Waals surface area contributed by atoms with Crippen LogP contribution < -0.4 is 5.46 Å². The number of nitrogens with zero attached hydrogens (tertiary/aromatic N) is 1. The second-order valence-electron chi connectivity index (χ2n) is 7.86. The first-order valence-corrected chi connectivity index (χ1v) is 8.43. The largest absolute Gasteiger partial charge is 0.500 e. The maximum Gasteiger partial charge on any atom is 0.500 e. The molecule has 0 aliphatic carbocycles. The molecule has 5 heteroatoms. The van der Waals surface area contributed by atoms with E-state index < -0.39 is 18.3 Å². The van der Waals surface area contributed by atoms with Crippen molar-refractivity contribution in [3.63, 3.8) is 0 Å². The van der Waals surface area contributed by atoms with Gasteiger partial charge < -0.3 is 13.8 Å². The van der Waals surface area contributed by atoms with Crippen molar-refractivity contribution in [1.82, 2.24) is 5.16 Å². The first kappa shape index (κ1) is 17.2. The summed E-state index contributed by atoms with van der Waals surface area (Å²) in [6, 6.07) is 4.33. The molecule has 1 fully saturated rings. The highest BCUT2D eigenvalue weighted by Crippen LogP contribution is 2.38. The van der Waals surface area contributed by atoms with Crippen LogP contribution in [0.15, 0.2) is 16.7 Å². The maximum atomic E-state index is 6.23. The zero-order valence-electron chi connectivity index (χ0n) is 15.9. The molecule has 0 saturated carbocycles. The normalized spacial score (nSPS) is 19.1. The summed E-state index contributed by atoms with van der Waals surface area (Å²) in [7, 11) is -0.476. The lowest BCUT2D eigenvalue weighted by Crippen LogP contribution is -2.41. The average molecular weight is 327 g/mol. The Kier molecular flexibility index (Phi) is 3.93. The van der Waals surface area contributed by atoms with Gasteiger partial charge in [-0.05, 0) is 66.5 Å². The van der Waals surface area contributed by atoms with Crippen molar-refractivity contribution >= 4 is 12.6 Å². The summed E-state index contributed by atoms with van der Waals surface area (Å²) in [6.07, 6.45) is 0. The zero-order valence-corrected chi connectivity index (χ0v) is 15.9. The van der Waals surface area contributed by atoms with Gasteiger partial charge >= 0.3 is 7.12 Å². The molecule has 0 amide bonds. The van der Waals surface area contributed by atoms with E-state index >= 15 is 0 Å². The summed E-state index contributed by atoms with van der Waals surface area (Å²) in [5.41, 5.74) is 5.63. The summed E-state index contributed by atoms with van der Waals surface area (Å²) >= 11 is 0. The number of benzene rings is 1. The lowest BCUT2D eigenvalue weighted by atomic mass is 9.75. The smallest absolute Gasteiger partial charge is 0.399 e. The van der Waals surface area contributed by atoms with Crippen LogP contribution in [-0.4, -0.2) is 23.5 Å². The van der Waals surface area contributed by atoms with Gasteiger partial charge in [0.2, 0.25) is 0 Å². The summed E-state index contributed by atoms with van der Waals surface area (Å²) in [4.78, 5) is 0. The van der Waals surface area contributed by atoms with E-state index in [0.717, 1.165) is 22.5 Å². The second kappa shape index (κ2) is 5.46. The predicted octanol–water partition coefficient (Wildman–Crippen LogP) is 3.87. The summed E-state index contributed by atoms with van der Waals surface area (Å²) < 4.78 is 18.0. The summed E-state index contributed by atoms with van der Waals surface area (Å²) in [5.74, 6) is 0.739. The minimum absolute atomic E-state index is 0.393. The van der Waals surface area contributed by atoms with E-state index in [1.807, 2.05) is 6.92 Å². The van der Waals surface area contributed by atoms with Crippen molar-refractivity contribution in [2.24, 2.45) is 0 Å². The minimum atomic E-state index is -0.476. The number of aryl methyl sites for hydroxylation is 4. The van der Waals surface area contributed by atoms with Crippen molar-refractivity contribution < 1.29 is 13.8 Å². The third-order valence-electron chi connectivity index (χ3n) is 5.31.